The molecule has 0 aliphatic carbocycles. The van der Waals surface area contributed by atoms with Gasteiger partial charge in [0.05, 0.1) is 4.91 Å². The van der Waals surface area contributed by atoms with Gasteiger partial charge in [-0.1, -0.05) is 0 Å². The standard InChI is InChI=1S/C7H8N2O5S/c1-14-9(10)6-3-2-5(8)4-7(6)15(11,12)13/h2-4H,8H2,1H3/p+1. The molecule has 0 atom stereocenters. The van der Waals surface area contributed by atoms with Gasteiger partial charge in [0.1, 0.15) is 0 Å². The highest BCUT2D eigenvalue weighted by Gasteiger charge is 2.28. The molecule has 0 aromatic heterocycles. The molecule has 0 spiro atoms. The zero-order valence-electron chi connectivity index (χ0n) is 7.75. The van der Waals surface area contributed by atoms with Gasteiger partial charge in [-0.2, -0.15) is 8.42 Å². The minimum Gasteiger partial charge on any atom is -0.399 e. The van der Waals surface area contributed by atoms with E-state index in [4.69, 9.17) is 10.3 Å². The third-order valence-electron chi connectivity index (χ3n) is 1.62. The van der Waals surface area contributed by atoms with E-state index in [1.54, 1.807) is 0 Å². The summed E-state index contributed by atoms with van der Waals surface area (Å²) in [5.41, 5.74) is 5.10. The van der Waals surface area contributed by atoms with Crippen molar-refractivity contribution in [1.29, 1.82) is 0 Å². The van der Waals surface area contributed by atoms with Crippen molar-refractivity contribution < 1.29 is 22.7 Å². The van der Waals surface area contributed by atoms with E-state index in [-0.39, 0.29) is 16.3 Å². The van der Waals surface area contributed by atoms with Gasteiger partial charge >= 0.3 is 15.8 Å². The molecule has 0 saturated heterocycles. The molecule has 0 saturated carbocycles. The number of rotatable bonds is 3. The maximum Gasteiger partial charge on any atom is 0.337 e. The van der Waals surface area contributed by atoms with Crippen LogP contribution in [-0.2, 0) is 15.0 Å². The van der Waals surface area contributed by atoms with Crippen molar-refractivity contribution in [2.75, 3.05) is 12.8 Å². The van der Waals surface area contributed by atoms with E-state index < -0.39 is 15.0 Å². The van der Waals surface area contributed by atoms with Crippen LogP contribution in [0.15, 0.2) is 23.1 Å². The lowest BCUT2D eigenvalue weighted by Gasteiger charge is -1.98. The minimum atomic E-state index is -4.51. The Labute approximate surface area is 85.7 Å². The molecule has 1 aromatic carbocycles. The second-order valence-electron chi connectivity index (χ2n) is 2.64. The van der Waals surface area contributed by atoms with E-state index in [2.05, 4.69) is 4.84 Å². The first-order valence-electron chi connectivity index (χ1n) is 3.74. The third kappa shape index (κ3) is 2.42. The van der Waals surface area contributed by atoms with Crippen molar-refractivity contribution in [3.8, 4) is 0 Å². The Hall–Kier alpha value is -1.67. The molecule has 0 unspecified atom stereocenters. The number of hydrogen-bond donors (Lipinski definition) is 2. The Kier molecular flexibility index (Phi) is 2.91. The van der Waals surface area contributed by atoms with Crippen molar-refractivity contribution in [3.63, 3.8) is 0 Å². The molecule has 3 N–H and O–H groups in total. The van der Waals surface area contributed by atoms with Crippen LogP contribution >= 0.6 is 0 Å². The van der Waals surface area contributed by atoms with Crippen molar-refractivity contribution in [1.82, 2.24) is 0 Å². The van der Waals surface area contributed by atoms with Crippen LogP contribution in [0.5, 0.6) is 0 Å². The lowest BCUT2D eigenvalue weighted by molar-refractivity contribution is -0.738. The number of nitrogens with two attached hydrogens (primary N) is 1. The molecular weight excluding hydrogens is 224 g/mol. The molecule has 0 aliphatic heterocycles. The van der Waals surface area contributed by atoms with Gasteiger partial charge in [-0.25, -0.2) is 4.84 Å². The van der Waals surface area contributed by atoms with Crippen LogP contribution in [0.1, 0.15) is 0 Å². The summed E-state index contributed by atoms with van der Waals surface area (Å²) in [6, 6.07) is 3.41. The van der Waals surface area contributed by atoms with Crippen LogP contribution in [0.4, 0.5) is 11.4 Å². The molecule has 0 radical (unpaired) electrons. The second kappa shape index (κ2) is 3.83. The maximum atomic E-state index is 11.1. The molecule has 0 fully saturated rings. The Bertz CT molecular complexity index is 496. The zero-order valence-corrected chi connectivity index (χ0v) is 8.56. The molecule has 15 heavy (non-hydrogen) atoms. The lowest BCUT2D eigenvalue weighted by Crippen LogP contribution is -2.07. The molecule has 1 rings (SSSR count). The molecule has 7 nitrogen and oxygen atoms in total. The zero-order chi connectivity index (χ0) is 11.6. The first-order valence-corrected chi connectivity index (χ1v) is 5.18. The van der Waals surface area contributed by atoms with E-state index in [0.717, 1.165) is 19.2 Å². The van der Waals surface area contributed by atoms with Gasteiger partial charge in [0.2, 0.25) is 0 Å². The molecule has 0 aliphatic rings. The normalized spacial score (nSPS) is 11.1. The van der Waals surface area contributed by atoms with Gasteiger partial charge in [-0.05, 0) is 12.1 Å². The van der Waals surface area contributed by atoms with Crippen molar-refractivity contribution in [3.05, 3.63) is 23.1 Å². The first kappa shape index (κ1) is 11.4. The molecule has 0 heterocycles. The molecule has 82 valence electrons. The number of benzene rings is 1. The Balaban J connectivity index is 3.47. The highest BCUT2D eigenvalue weighted by Crippen LogP contribution is 2.25. The predicted octanol–water partition coefficient (Wildman–Crippen LogP) is 0.487. The van der Waals surface area contributed by atoms with Gasteiger partial charge in [-0.3, -0.25) is 4.55 Å². The number of anilines is 1. The Morgan fingerprint density at radius 3 is 2.53 bits per heavy atom. The lowest BCUT2D eigenvalue weighted by atomic mass is 10.3. The van der Waals surface area contributed by atoms with E-state index in [0.29, 0.717) is 0 Å². The Morgan fingerprint density at radius 2 is 2.07 bits per heavy atom. The predicted molar refractivity (Wildman–Crippen MR) is 51.0 cm³/mol. The van der Waals surface area contributed by atoms with Crippen molar-refractivity contribution in [2.24, 2.45) is 0 Å². The maximum absolute atomic E-state index is 11.1. The van der Waals surface area contributed by atoms with E-state index in [1.807, 2.05) is 0 Å². The first-order chi connectivity index (χ1) is 6.86. The highest BCUT2D eigenvalue weighted by atomic mass is 32.2. The second-order valence-corrected chi connectivity index (χ2v) is 4.03. The summed E-state index contributed by atoms with van der Waals surface area (Å²) >= 11 is 0. The summed E-state index contributed by atoms with van der Waals surface area (Å²) < 4.78 is 30.6. The van der Waals surface area contributed by atoms with Crippen LogP contribution in [0.3, 0.4) is 0 Å². The van der Waals surface area contributed by atoms with Crippen molar-refractivity contribution >= 4 is 21.5 Å². The topological polar surface area (TPSA) is 110 Å². The smallest absolute Gasteiger partial charge is 0.337 e. The number of nitrogen functional groups attached to an aromatic ring is 1. The fourth-order valence-electron chi connectivity index (χ4n) is 0.987. The quantitative estimate of drug-likeness (QED) is 0.446. The van der Waals surface area contributed by atoms with Crippen LogP contribution in [0.25, 0.3) is 0 Å². The summed E-state index contributed by atoms with van der Waals surface area (Å²) in [5, 5.41) is 0. The molecule has 8 heteroatoms. The molecular formula is C7H9N2O5S+. The summed E-state index contributed by atoms with van der Waals surface area (Å²) in [5.74, 6) is 0. The average Bonchev–Trinajstić information content (AvgIpc) is 2.15. The van der Waals surface area contributed by atoms with Crippen LogP contribution in [-0.4, -0.2) is 25.0 Å². The Morgan fingerprint density at radius 1 is 1.47 bits per heavy atom. The average molecular weight is 233 g/mol. The molecule has 0 amide bonds. The van der Waals surface area contributed by atoms with Gasteiger partial charge in [-0.15, -0.1) is 0 Å². The van der Waals surface area contributed by atoms with Crippen LogP contribution < -0.4 is 5.73 Å². The molecule has 1 aromatic rings. The third-order valence-corrected chi connectivity index (χ3v) is 2.51. The largest absolute Gasteiger partial charge is 0.399 e. The summed E-state index contributed by atoms with van der Waals surface area (Å²) in [6.07, 6.45) is 0. The summed E-state index contributed by atoms with van der Waals surface area (Å²) in [6.45, 7) is 0. The van der Waals surface area contributed by atoms with Gasteiger partial charge in [0.25, 0.3) is 4.92 Å². The van der Waals surface area contributed by atoms with Crippen LogP contribution in [0.2, 0.25) is 0 Å². The SMILES string of the molecule is CO[N+](=O)c1ccc(N)cc1S(=O)(=O)O. The summed E-state index contributed by atoms with van der Waals surface area (Å²) in [4.78, 5) is 14.7. The van der Waals surface area contributed by atoms with Crippen molar-refractivity contribution in [2.45, 2.75) is 4.90 Å². The number of hydrogen-bond acceptors (Lipinski definition) is 5. The van der Waals surface area contributed by atoms with E-state index >= 15 is 0 Å². The van der Waals surface area contributed by atoms with Crippen LogP contribution in [0, 0.1) is 4.91 Å². The van der Waals surface area contributed by atoms with E-state index in [1.165, 1.54) is 6.07 Å². The molecule has 0 bridgehead atoms. The minimum absolute atomic E-state index is 0.0391. The highest BCUT2D eigenvalue weighted by molar-refractivity contribution is 7.86. The monoisotopic (exact) mass is 233 g/mol. The van der Waals surface area contributed by atoms with Gasteiger partial charge < -0.3 is 5.73 Å². The fourth-order valence-corrected chi connectivity index (χ4v) is 1.68. The summed E-state index contributed by atoms with van der Waals surface area (Å²) in [7, 11) is -3.45. The van der Waals surface area contributed by atoms with E-state index in [9.17, 15) is 13.3 Å². The van der Waals surface area contributed by atoms with Gasteiger partial charge in [0.15, 0.2) is 12.0 Å². The number of nitrogens with zero attached hydrogens (tertiary/aromatic N) is 1. The van der Waals surface area contributed by atoms with Gasteiger partial charge in [0, 0.05) is 11.8 Å². The fraction of sp³-hybridized carbons (Fsp3) is 0.143.